The molecule has 0 unspecified atom stereocenters. The minimum Gasteiger partial charge on any atom is -0.478 e. The first-order valence-corrected chi connectivity index (χ1v) is 5.66. The highest BCUT2D eigenvalue weighted by atomic mass is 16.4. The summed E-state index contributed by atoms with van der Waals surface area (Å²) >= 11 is 0. The van der Waals surface area contributed by atoms with Gasteiger partial charge in [-0.05, 0) is 47.9 Å². The lowest BCUT2D eigenvalue weighted by atomic mass is 9.97. The average molecular weight is 256 g/mol. The molecule has 2 aromatic carbocycles. The smallest absolute Gasteiger partial charge is 0.335 e. The van der Waals surface area contributed by atoms with E-state index in [2.05, 4.69) is 0 Å². The van der Waals surface area contributed by atoms with Crippen LogP contribution in [0.2, 0.25) is 0 Å². The number of rotatable bonds is 3. The third-order valence-electron chi connectivity index (χ3n) is 2.89. The molecule has 0 bridgehead atoms. The van der Waals surface area contributed by atoms with Gasteiger partial charge in [0, 0.05) is 0 Å². The molecular weight excluding hydrogens is 244 g/mol. The Morgan fingerprint density at radius 2 is 1.53 bits per heavy atom. The Balaban J connectivity index is 2.50. The van der Waals surface area contributed by atoms with Crippen LogP contribution in [0.5, 0.6) is 0 Å². The quantitative estimate of drug-likeness (QED) is 0.885. The van der Waals surface area contributed by atoms with Gasteiger partial charge in [0.15, 0.2) is 0 Å². The van der Waals surface area contributed by atoms with E-state index in [1.54, 1.807) is 37.3 Å². The van der Waals surface area contributed by atoms with Gasteiger partial charge in [-0.15, -0.1) is 0 Å². The molecule has 0 saturated heterocycles. The van der Waals surface area contributed by atoms with Gasteiger partial charge in [0.25, 0.3) is 0 Å². The van der Waals surface area contributed by atoms with Crippen molar-refractivity contribution in [2.75, 3.05) is 0 Å². The Bertz CT molecular complexity index is 659. The van der Waals surface area contributed by atoms with Crippen LogP contribution >= 0.6 is 0 Å². The molecule has 96 valence electrons. The molecule has 4 nitrogen and oxygen atoms in total. The van der Waals surface area contributed by atoms with Crippen molar-refractivity contribution in [3.05, 3.63) is 59.2 Å². The van der Waals surface area contributed by atoms with Gasteiger partial charge in [-0.1, -0.05) is 18.2 Å². The largest absolute Gasteiger partial charge is 0.478 e. The van der Waals surface area contributed by atoms with Crippen LogP contribution in [-0.2, 0) is 0 Å². The van der Waals surface area contributed by atoms with Crippen molar-refractivity contribution in [1.82, 2.24) is 0 Å². The topological polar surface area (TPSA) is 74.6 Å². The minimum absolute atomic E-state index is 0.208. The summed E-state index contributed by atoms with van der Waals surface area (Å²) in [5, 5.41) is 17.9. The second-order valence-corrected chi connectivity index (χ2v) is 4.22. The molecule has 0 saturated carbocycles. The summed E-state index contributed by atoms with van der Waals surface area (Å²) in [6, 6.07) is 11.3. The van der Waals surface area contributed by atoms with E-state index in [0.29, 0.717) is 0 Å². The van der Waals surface area contributed by atoms with Crippen LogP contribution in [0, 0.1) is 6.92 Å². The molecule has 0 heterocycles. The summed E-state index contributed by atoms with van der Waals surface area (Å²) in [6.07, 6.45) is 0. The number of carboxylic acids is 2. The summed E-state index contributed by atoms with van der Waals surface area (Å²) in [5.74, 6) is -1.96. The first-order valence-electron chi connectivity index (χ1n) is 5.66. The molecule has 0 radical (unpaired) electrons. The first kappa shape index (κ1) is 12.8. The fraction of sp³-hybridized carbons (Fsp3) is 0.0667. The van der Waals surface area contributed by atoms with E-state index in [4.69, 9.17) is 10.2 Å². The molecule has 0 atom stereocenters. The molecule has 0 aliphatic heterocycles. The van der Waals surface area contributed by atoms with E-state index < -0.39 is 11.9 Å². The monoisotopic (exact) mass is 256 g/mol. The summed E-state index contributed by atoms with van der Waals surface area (Å²) in [7, 11) is 0. The Kier molecular flexibility index (Phi) is 3.33. The number of hydrogen-bond acceptors (Lipinski definition) is 2. The maximum absolute atomic E-state index is 10.9. The Labute approximate surface area is 109 Å². The van der Waals surface area contributed by atoms with Gasteiger partial charge in [-0.25, -0.2) is 9.59 Å². The van der Waals surface area contributed by atoms with Gasteiger partial charge in [0.1, 0.15) is 0 Å². The molecule has 0 aliphatic rings. The maximum Gasteiger partial charge on any atom is 0.335 e. The van der Waals surface area contributed by atoms with Gasteiger partial charge < -0.3 is 10.2 Å². The molecule has 2 N–H and O–H groups in total. The van der Waals surface area contributed by atoms with Crippen molar-refractivity contribution in [2.24, 2.45) is 0 Å². The zero-order valence-corrected chi connectivity index (χ0v) is 10.3. The number of aryl methyl sites for hydroxylation is 1. The highest BCUT2D eigenvalue weighted by molar-refractivity contribution is 5.91. The summed E-state index contributed by atoms with van der Waals surface area (Å²) in [4.78, 5) is 21.8. The minimum atomic E-state index is -0.985. The van der Waals surface area contributed by atoms with E-state index in [0.717, 1.165) is 16.7 Å². The van der Waals surface area contributed by atoms with Gasteiger partial charge >= 0.3 is 11.9 Å². The maximum atomic E-state index is 10.9. The second kappa shape index (κ2) is 4.94. The molecule has 2 aromatic rings. The Morgan fingerprint density at radius 3 is 2.11 bits per heavy atom. The molecule has 0 fully saturated rings. The number of aromatic carboxylic acids is 2. The van der Waals surface area contributed by atoms with Crippen LogP contribution < -0.4 is 0 Å². The van der Waals surface area contributed by atoms with E-state index in [1.807, 2.05) is 0 Å². The summed E-state index contributed by atoms with van der Waals surface area (Å²) in [5.41, 5.74) is 2.81. The first-order chi connectivity index (χ1) is 8.99. The second-order valence-electron chi connectivity index (χ2n) is 4.22. The third kappa shape index (κ3) is 2.63. The normalized spacial score (nSPS) is 10.2. The van der Waals surface area contributed by atoms with Crippen molar-refractivity contribution in [3.8, 4) is 11.1 Å². The lowest BCUT2D eigenvalue weighted by Crippen LogP contribution is -1.98. The molecule has 4 heteroatoms. The summed E-state index contributed by atoms with van der Waals surface area (Å²) < 4.78 is 0. The van der Waals surface area contributed by atoms with Crippen molar-refractivity contribution in [2.45, 2.75) is 6.92 Å². The predicted octanol–water partition coefficient (Wildman–Crippen LogP) is 3.06. The zero-order chi connectivity index (χ0) is 14.0. The molecule has 0 aromatic heterocycles. The highest BCUT2D eigenvalue weighted by Gasteiger charge is 2.09. The lowest BCUT2D eigenvalue weighted by molar-refractivity contribution is 0.0686. The standard InChI is InChI=1S/C15H12O4/c1-9-7-12(15(18)19)5-6-13(9)10-3-2-4-11(8-10)14(16)17/h2-8H,1H3,(H,16,17)(H,18,19). The van der Waals surface area contributed by atoms with Crippen LogP contribution in [0.25, 0.3) is 11.1 Å². The van der Waals surface area contributed by atoms with Gasteiger partial charge in [-0.3, -0.25) is 0 Å². The fourth-order valence-corrected chi connectivity index (χ4v) is 1.94. The number of carbonyl (C=O) groups is 2. The fourth-order valence-electron chi connectivity index (χ4n) is 1.94. The molecule has 0 amide bonds. The van der Waals surface area contributed by atoms with Gasteiger partial charge in [-0.2, -0.15) is 0 Å². The van der Waals surface area contributed by atoms with Crippen molar-refractivity contribution in [3.63, 3.8) is 0 Å². The predicted molar refractivity (Wildman–Crippen MR) is 70.5 cm³/mol. The van der Waals surface area contributed by atoms with E-state index in [1.165, 1.54) is 12.1 Å². The average Bonchev–Trinajstić information content (AvgIpc) is 2.38. The molecule has 0 aliphatic carbocycles. The van der Waals surface area contributed by atoms with Crippen molar-refractivity contribution >= 4 is 11.9 Å². The van der Waals surface area contributed by atoms with E-state index in [-0.39, 0.29) is 11.1 Å². The van der Waals surface area contributed by atoms with Crippen LogP contribution in [0.15, 0.2) is 42.5 Å². The highest BCUT2D eigenvalue weighted by Crippen LogP contribution is 2.25. The molecule has 2 rings (SSSR count). The number of hydrogen-bond donors (Lipinski definition) is 2. The van der Waals surface area contributed by atoms with E-state index >= 15 is 0 Å². The SMILES string of the molecule is Cc1cc(C(=O)O)ccc1-c1cccc(C(=O)O)c1. The Hall–Kier alpha value is -2.62. The molecular formula is C15H12O4. The van der Waals surface area contributed by atoms with Gasteiger partial charge in [0.05, 0.1) is 11.1 Å². The van der Waals surface area contributed by atoms with Crippen molar-refractivity contribution < 1.29 is 19.8 Å². The van der Waals surface area contributed by atoms with Crippen LogP contribution in [0.4, 0.5) is 0 Å². The van der Waals surface area contributed by atoms with Crippen LogP contribution in [0.1, 0.15) is 26.3 Å². The van der Waals surface area contributed by atoms with Crippen molar-refractivity contribution in [1.29, 1.82) is 0 Å². The van der Waals surface area contributed by atoms with E-state index in [9.17, 15) is 9.59 Å². The summed E-state index contributed by atoms with van der Waals surface area (Å²) in [6.45, 7) is 1.80. The molecule has 19 heavy (non-hydrogen) atoms. The van der Waals surface area contributed by atoms with Crippen LogP contribution in [-0.4, -0.2) is 22.2 Å². The molecule has 0 spiro atoms. The lowest BCUT2D eigenvalue weighted by Gasteiger charge is -2.08. The zero-order valence-electron chi connectivity index (χ0n) is 10.3. The van der Waals surface area contributed by atoms with Crippen LogP contribution in [0.3, 0.4) is 0 Å². The number of benzene rings is 2. The number of carboxylic acid groups (broad SMARTS) is 2. The van der Waals surface area contributed by atoms with Gasteiger partial charge in [0.2, 0.25) is 0 Å². The third-order valence-corrected chi connectivity index (χ3v) is 2.89. The Morgan fingerprint density at radius 1 is 0.895 bits per heavy atom.